The summed E-state index contributed by atoms with van der Waals surface area (Å²) in [4.78, 5) is 27.0. The molecule has 28 heavy (non-hydrogen) atoms. The summed E-state index contributed by atoms with van der Waals surface area (Å²) in [6, 6.07) is 4.32. The molecule has 0 radical (unpaired) electrons. The largest absolute Gasteiger partial charge is 0.483 e. The van der Waals surface area contributed by atoms with Crippen LogP contribution in [-0.2, 0) is 9.53 Å². The number of carbonyl (C=O) groups excluding carboxylic acids is 1. The van der Waals surface area contributed by atoms with Crippen molar-refractivity contribution < 1.29 is 18.7 Å². The lowest BCUT2D eigenvalue weighted by atomic mass is 10.0. The van der Waals surface area contributed by atoms with Crippen molar-refractivity contribution in [3.63, 3.8) is 0 Å². The molecule has 0 atom stereocenters. The van der Waals surface area contributed by atoms with Crippen molar-refractivity contribution in [3.8, 4) is 5.75 Å². The SMILES string of the molecule is Cc1cc(OCC(=O)N(C2CCOCC2)C2CC2)c2c(C)c(C)c(=O)oc2c1. The lowest BCUT2D eigenvalue weighted by Gasteiger charge is -2.34. The van der Waals surface area contributed by atoms with E-state index < -0.39 is 0 Å². The summed E-state index contributed by atoms with van der Waals surface area (Å²) in [7, 11) is 0. The summed E-state index contributed by atoms with van der Waals surface area (Å²) in [5, 5.41) is 0.763. The molecule has 6 nitrogen and oxygen atoms in total. The van der Waals surface area contributed by atoms with Crippen molar-refractivity contribution >= 4 is 16.9 Å². The second-order valence-electron chi connectivity index (χ2n) is 7.94. The van der Waals surface area contributed by atoms with Gasteiger partial charge < -0.3 is 18.8 Å². The highest BCUT2D eigenvalue weighted by Gasteiger charge is 2.38. The van der Waals surface area contributed by atoms with E-state index >= 15 is 0 Å². The summed E-state index contributed by atoms with van der Waals surface area (Å²) in [6.07, 6.45) is 3.91. The van der Waals surface area contributed by atoms with E-state index in [1.54, 1.807) is 6.92 Å². The molecule has 1 aliphatic heterocycles. The number of nitrogens with zero attached hydrogens (tertiary/aromatic N) is 1. The molecule has 2 heterocycles. The summed E-state index contributed by atoms with van der Waals surface area (Å²) in [5.74, 6) is 0.617. The zero-order chi connectivity index (χ0) is 19.8. The van der Waals surface area contributed by atoms with E-state index in [0.29, 0.717) is 36.2 Å². The van der Waals surface area contributed by atoms with Gasteiger partial charge in [-0.25, -0.2) is 4.79 Å². The summed E-state index contributed by atoms with van der Waals surface area (Å²) >= 11 is 0. The average Bonchev–Trinajstić information content (AvgIpc) is 3.50. The first-order chi connectivity index (χ1) is 13.5. The van der Waals surface area contributed by atoms with Gasteiger partial charge in [0.1, 0.15) is 11.3 Å². The molecule has 150 valence electrons. The van der Waals surface area contributed by atoms with Gasteiger partial charge in [-0.05, 0) is 69.7 Å². The fourth-order valence-electron chi connectivity index (χ4n) is 4.04. The molecule has 1 aromatic carbocycles. The van der Waals surface area contributed by atoms with Crippen LogP contribution >= 0.6 is 0 Å². The van der Waals surface area contributed by atoms with Gasteiger partial charge >= 0.3 is 5.63 Å². The molecule has 1 aliphatic carbocycles. The van der Waals surface area contributed by atoms with Crippen LogP contribution in [0.1, 0.15) is 42.4 Å². The Labute approximate surface area is 164 Å². The van der Waals surface area contributed by atoms with Gasteiger partial charge in [0.25, 0.3) is 5.91 Å². The van der Waals surface area contributed by atoms with Crippen LogP contribution in [0.25, 0.3) is 11.0 Å². The number of hydrogen-bond acceptors (Lipinski definition) is 5. The fraction of sp³-hybridized carbons (Fsp3) is 0.545. The highest BCUT2D eigenvalue weighted by Crippen LogP contribution is 2.33. The second kappa shape index (κ2) is 7.59. The standard InChI is InChI=1S/C22H27NO5/c1-13-10-18(21-14(2)15(3)22(25)28-19(21)11-13)27-12-20(24)23(16-4-5-16)17-6-8-26-9-7-17/h10-11,16-17H,4-9,12H2,1-3H3. The Bertz CT molecular complexity index is 954. The molecule has 2 aromatic rings. The number of ether oxygens (including phenoxy) is 2. The number of benzene rings is 1. The van der Waals surface area contributed by atoms with Crippen molar-refractivity contribution in [2.24, 2.45) is 0 Å². The molecule has 4 rings (SSSR count). The van der Waals surface area contributed by atoms with E-state index in [-0.39, 0.29) is 24.2 Å². The Morgan fingerprint density at radius 2 is 1.75 bits per heavy atom. The number of hydrogen-bond donors (Lipinski definition) is 0. The Hall–Kier alpha value is -2.34. The Balaban J connectivity index is 1.58. The lowest BCUT2D eigenvalue weighted by Crippen LogP contribution is -2.46. The van der Waals surface area contributed by atoms with E-state index in [9.17, 15) is 9.59 Å². The molecular formula is C22H27NO5. The molecular weight excluding hydrogens is 358 g/mol. The Morgan fingerprint density at radius 1 is 1.07 bits per heavy atom. The molecule has 0 spiro atoms. The first kappa shape index (κ1) is 19.0. The van der Waals surface area contributed by atoms with Crippen LogP contribution in [0.5, 0.6) is 5.75 Å². The van der Waals surface area contributed by atoms with Gasteiger partial charge in [-0.1, -0.05) is 0 Å². The zero-order valence-electron chi connectivity index (χ0n) is 16.7. The smallest absolute Gasteiger partial charge is 0.339 e. The number of rotatable bonds is 5. The van der Waals surface area contributed by atoms with Crippen LogP contribution < -0.4 is 10.4 Å². The van der Waals surface area contributed by atoms with E-state index in [2.05, 4.69) is 0 Å². The summed E-state index contributed by atoms with van der Waals surface area (Å²) < 4.78 is 16.9. The third-order valence-corrected chi connectivity index (χ3v) is 5.82. The second-order valence-corrected chi connectivity index (χ2v) is 7.94. The molecule has 6 heteroatoms. The van der Waals surface area contributed by atoms with Crippen LogP contribution in [0.3, 0.4) is 0 Å². The minimum atomic E-state index is -0.336. The fourth-order valence-corrected chi connectivity index (χ4v) is 4.04. The molecule has 1 aromatic heterocycles. The highest BCUT2D eigenvalue weighted by molar-refractivity contribution is 5.88. The maximum absolute atomic E-state index is 13.0. The Morgan fingerprint density at radius 3 is 2.43 bits per heavy atom. The third-order valence-electron chi connectivity index (χ3n) is 5.82. The van der Waals surface area contributed by atoms with E-state index in [1.807, 2.05) is 30.9 Å². The molecule has 1 saturated heterocycles. The van der Waals surface area contributed by atoms with Gasteiger partial charge in [-0.3, -0.25) is 4.79 Å². The van der Waals surface area contributed by atoms with Gasteiger partial charge in [-0.2, -0.15) is 0 Å². The summed E-state index contributed by atoms with van der Waals surface area (Å²) in [5.41, 5.74) is 2.48. The highest BCUT2D eigenvalue weighted by atomic mass is 16.5. The molecule has 0 N–H and O–H groups in total. The van der Waals surface area contributed by atoms with E-state index in [0.717, 1.165) is 42.2 Å². The van der Waals surface area contributed by atoms with Gasteiger partial charge in [0.05, 0.1) is 5.39 Å². The molecule has 2 aliphatic rings. The number of amides is 1. The van der Waals surface area contributed by atoms with Crippen LogP contribution in [0.15, 0.2) is 21.3 Å². The van der Waals surface area contributed by atoms with Gasteiger partial charge in [-0.15, -0.1) is 0 Å². The molecule has 0 unspecified atom stereocenters. The molecule has 2 fully saturated rings. The minimum Gasteiger partial charge on any atom is -0.483 e. The Kier molecular flexibility index (Phi) is 5.15. The third kappa shape index (κ3) is 3.65. The minimum absolute atomic E-state index is 0.00990. The van der Waals surface area contributed by atoms with Gasteiger partial charge in [0.2, 0.25) is 0 Å². The predicted octanol–water partition coefficient (Wildman–Crippen LogP) is 3.27. The van der Waals surface area contributed by atoms with Crippen molar-refractivity contribution in [3.05, 3.63) is 39.2 Å². The first-order valence-electron chi connectivity index (χ1n) is 10.0. The van der Waals surface area contributed by atoms with Crippen LogP contribution in [-0.4, -0.2) is 42.7 Å². The quantitative estimate of drug-likeness (QED) is 0.739. The van der Waals surface area contributed by atoms with Gasteiger partial charge in [0.15, 0.2) is 6.61 Å². The van der Waals surface area contributed by atoms with Crippen molar-refractivity contribution in [2.45, 2.75) is 58.5 Å². The maximum atomic E-state index is 13.0. The zero-order valence-corrected chi connectivity index (χ0v) is 16.7. The normalized spacial score (nSPS) is 17.7. The lowest BCUT2D eigenvalue weighted by molar-refractivity contribution is -0.138. The number of fused-ring (bicyclic) bond motifs is 1. The van der Waals surface area contributed by atoms with Gasteiger partial charge in [0, 0.05) is 30.9 Å². The van der Waals surface area contributed by atoms with E-state index in [1.165, 1.54) is 0 Å². The number of carbonyl (C=O) groups is 1. The average molecular weight is 385 g/mol. The molecule has 0 bridgehead atoms. The summed E-state index contributed by atoms with van der Waals surface area (Å²) in [6.45, 7) is 6.96. The van der Waals surface area contributed by atoms with Crippen LogP contribution in [0, 0.1) is 20.8 Å². The van der Waals surface area contributed by atoms with Crippen LogP contribution in [0.2, 0.25) is 0 Å². The molecule has 1 amide bonds. The van der Waals surface area contributed by atoms with Crippen molar-refractivity contribution in [1.29, 1.82) is 0 Å². The first-order valence-corrected chi connectivity index (χ1v) is 10.0. The van der Waals surface area contributed by atoms with Crippen molar-refractivity contribution in [2.75, 3.05) is 19.8 Å². The van der Waals surface area contributed by atoms with Crippen LogP contribution in [0.4, 0.5) is 0 Å². The topological polar surface area (TPSA) is 69.0 Å². The predicted molar refractivity (Wildman–Crippen MR) is 106 cm³/mol. The monoisotopic (exact) mass is 385 g/mol. The maximum Gasteiger partial charge on any atom is 0.339 e. The number of aryl methyl sites for hydroxylation is 2. The molecule has 1 saturated carbocycles. The van der Waals surface area contributed by atoms with Crippen molar-refractivity contribution in [1.82, 2.24) is 4.90 Å². The van der Waals surface area contributed by atoms with E-state index in [4.69, 9.17) is 13.9 Å².